The van der Waals surface area contributed by atoms with Gasteiger partial charge in [0.1, 0.15) is 0 Å². The molecule has 0 saturated carbocycles. The van der Waals surface area contributed by atoms with Gasteiger partial charge in [0.15, 0.2) is 5.96 Å². The summed E-state index contributed by atoms with van der Waals surface area (Å²) in [5, 5.41) is 0. The molecule has 0 fully saturated rings. The SMILES string of the molecule is CCCC(C)N(C)C(N)=NC(C)C. The van der Waals surface area contributed by atoms with Crippen LogP contribution in [0.25, 0.3) is 0 Å². The molecule has 1 unspecified atom stereocenters. The highest BCUT2D eigenvalue weighted by Gasteiger charge is 2.09. The molecule has 0 amide bonds. The van der Waals surface area contributed by atoms with Gasteiger partial charge in [-0.1, -0.05) is 13.3 Å². The van der Waals surface area contributed by atoms with Crippen LogP contribution in [0.4, 0.5) is 0 Å². The Morgan fingerprint density at radius 2 is 1.92 bits per heavy atom. The topological polar surface area (TPSA) is 41.6 Å². The lowest BCUT2D eigenvalue weighted by Crippen LogP contribution is -2.40. The highest BCUT2D eigenvalue weighted by Crippen LogP contribution is 2.03. The molecule has 0 radical (unpaired) electrons. The zero-order valence-corrected chi connectivity index (χ0v) is 9.54. The monoisotopic (exact) mass is 185 g/mol. The molecule has 2 N–H and O–H groups in total. The van der Waals surface area contributed by atoms with Crippen LogP contribution >= 0.6 is 0 Å². The summed E-state index contributed by atoms with van der Waals surface area (Å²) in [7, 11) is 2.00. The van der Waals surface area contributed by atoms with Crippen LogP contribution in [0, 0.1) is 0 Å². The van der Waals surface area contributed by atoms with Crippen molar-refractivity contribution < 1.29 is 0 Å². The molecule has 0 saturated heterocycles. The molecule has 0 aromatic carbocycles. The van der Waals surface area contributed by atoms with Gasteiger partial charge in [0.25, 0.3) is 0 Å². The van der Waals surface area contributed by atoms with Crippen molar-refractivity contribution in [1.82, 2.24) is 4.90 Å². The smallest absolute Gasteiger partial charge is 0.191 e. The van der Waals surface area contributed by atoms with Crippen molar-refractivity contribution in [2.75, 3.05) is 7.05 Å². The van der Waals surface area contributed by atoms with Crippen LogP contribution in [0.2, 0.25) is 0 Å². The summed E-state index contributed by atoms with van der Waals surface area (Å²) in [6.45, 7) is 8.42. The molecule has 0 aliphatic rings. The van der Waals surface area contributed by atoms with Crippen molar-refractivity contribution in [2.45, 2.75) is 52.6 Å². The van der Waals surface area contributed by atoms with Crippen LogP contribution in [0.3, 0.4) is 0 Å². The summed E-state index contributed by atoms with van der Waals surface area (Å²) >= 11 is 0. The maximum absolute atomic E-state index is 5.83. The van der Waals surface area contributed by atoms with E-state index in [1.54, 1.807) is 0 Å². The van der Waals surface area contributed by atoms with Crippen molar-refractivity contribution in [2.24, 2.45) is 10.7 Å². The molecule has 13 heavy (non-hydrogen) atoms. The molecule has 0 spiro atoms. The summed E-state index contributed by atoms with van der Waals surface area (Å²) in [5.41, 5.74) is 5.83. The second kappa shape index (κ2) is 5.84. The highest BCUT2D eigenvalue weighted by atomic mass is 15.2. The second-order valence-corrected chi connectivity index (χ2v) is 3.83. The molecule has 0 rings (SSSR count). The third kappa shape index (κ3) is 4.76. The van der Waals surface area contributed by atoms with Gasteiger partial charge < -0.3 is 10.6 Å². The van der Waals surface area contributed by atoms with E-state index in [1.807, 2.05) is 25.8 Å². The van der Waals surface area contributed by atoms with E-state index >= 15 is 0 Å². The first-order valence-corrected chi connectivity index (χ1v) is 5.05. The summed E-state index contributed by atoms with van der Waals surface area (Å²) in [6, 6.07) is 0.753. The van der Waals surface area contributed by atoms with Gasteiger partial charge in [-0.3, -0.25) is 4.99 Å². The first kappa shape index (κ1) is 12.3. The normalized spacial score (nSPS) is 14.8. The Morgan fingerprint density at radius 1 is 1.38 bits per heavy atom. The van der Waals surface area contributed by atoms with Crippen molar-refractivity contribution in [3.63, 3.8) is 0 Å². The number of guanidine groups is 1. The van der Waals surface area contributed by atoms with E-state index in [0.717, 1.165) is 6.42 Å². The standard InChI is InChI=1S/C10H23N3/c1-6-7-9(4)13(5)10(11)12-8(2)3/h8-9H,6-7H2,1-5H3,(H2,11,12). The van der Waals surface area contributed by atoms with Gasteiger partial charge in [-0.2, -0.15) is 0 Å². The average molecular weight is 185 g/mol. The predicted octanol–water partition coefficient (Wildman–Crippen LogP) is 1.83. The fourth-order valence-electron chi connectivity index (χ4n) is 1.19. The fraction of sp³-hybridized carbons (Fsp3) is 0.900. The number of nitrogens with two attached hydrogens (primary N) is 1. The Morgan fingerprint density at radius 3 is 2.31 bits per heavy atom. The maximum atomic E-state index is 5.83. The van der Waals surface area contributed by atoms with Crippen LogP contribution in [0.1, 0.15) is 40.5 Å². The van der Waals surface area contributed by atoms with E-state index in [4.69, 9.17) is 5.73 Å². The summed E-state index contributed by atoms with van der Waals surface area (Å²) in [6.07, 6.45) is 2.34. The molecule has 78 valence electrons. The predicted molar refractivity (Wildman–Crippen MR) is 58.9 cm³/mol. The van der Waals surface area contributed by atoms with E-state index < -0.39 is 0 Å². The zero-order chi connectivity index (χ0) is 10.4. The minimum absolute atomic E-state index is 0.274. The summed E-state index contributed by atoms with van der Waals surface area (Å²) in [5.74, 6) is 0.649. The minimum Gasteiger partial charge on any atom is -0.370 e. The van der Waals surface area contributed by atoms with Crippen molar-refractivity contribution >= 4 is 5.96 Å². The van der Waals surface area contributed by atoms with Gasteiger partial charge in [0, 0.05) is 19.1 Å². The first-order valence-electron chi connectivity index (χ1n) is 5.05. The molecule has 0 heterocycles. The lowest BCUT2D eigenvalue weighted by atomic mass is 10.2. The Hall–Kier alpha value is -0.730. The third-order valence-corrected chi connectivity index (χ3v) is 2.12. The number of hydrogen-bond donors (Lipinski definition) is 1. The number of hydrogen-bond acceptors (Lipinski definition) is 1. The average Bonchev–Trinajstić information content (AvgIpc) is 2.02. The minimum atomic E-state index is 0.274. The van der Waals surface area contributed by atoms with Crippen LogP contribution in [-0.2, 0) is 0 Å². The van der Waals surface area contributed by atoms with Gasteiger partial charge in [-0.25, -0.2) is 0 Å². The molecule has 0 bridgehead atoms. The second-order valence-electron chi connectivity index (χ2n) is 3.83. The zero-order valence-electron chi connectivity index (χ0n) is 9.54. The van der Waals surface area contributed by atoms with E-state index in [9.17, 15) is 0 Å². The van der Waals surface area contributed by atoms with Crippen LogP contribution < -0.4 is 5.73 Å². The fourth-order valence-corrected chi connectivity index (χ4v) is 1.19. The van der Waals surface area contributed by atoms with E-state index in [0.29, 0.717) is 12.0 Å². The molecule has 3 heteroatoms. The Labute approximate surface area is 82.0 Å². The summed E-state index contributed by atoms with van der Waals surface area (Å²) in [4.78, 5) is 6.35. The van der Waals surface area contributed by atoms with E-state index in [2.05, 4.69) is 18.8 Å². The lowest BCUT2D eigenvalue weighted by Gasteiger charge is -2.25. The molecular weight excluding hydrogens is 162 g/mol. The maximum Gasteiger partial charge on any atom is 0.191 e. The van der Waals surface area contributed by atoms with Crippen molar-refractivity contribution in [3.8, 4) is 0 Å². The van der Waals surface area contributed by atoms with Crippen molar-refractivity contribution in [3.05, 3.63) is 0 Å². The van der Waals surface area contributed by atoms with Gasteiger partial charge in [0.2, 0.25) is 0 Å². The van der Waals surface area contributed by atoms with Crippen LogP contribution in [-0.4, -0.2) is 30.0 Å². The molecule has 0 aromatic heterocycles. The number of aliphatic imine (C=N–C) groups is 1. The van der Waals surface area contributed by atoms with Crippen LogP contribution in [0.5, 0.6) is 0 Å². The third-order valence-electron chi connectivity index (χ3n) is 2.12. The number of rotatable bonds is 4. The quantitative estimate of drug-likeness (QED) is 0.536. The molecule has 3 nitrogen and oxygen atoms in total. The van der Waals surface area contributed by atoms with Gasteiger partial charge in [0.05, 0.1) is 0 Å². The Balaban J connectivity index is 4.15. The Kier molecular flexibility index (Phi) is 5.51. The summed E-state index contributed by atoms with van der Waals surface area (Å²) < 4.78 is 0. The largest absolute Gasteiger partial charge is 0.370 e. The van der Waals surface area contributed by atoms with E-state index in [-0.39, 0.29) is 6.04 Å². The number of nitrogens with zero attached hydrogens (tertiary/aromatic N) is 2. The molecule has 0 aliphatic heterocycles. The molecular formula is C10H23N3. The van der Waals surface area contributed by atoms with Gasteiger partial charge in [-0.05, 0) is 27.2 Å². The van der Waals surface area contributed by atoms with Gasteiger partial charge >= 0.3 is 0 Å². The van der Waals surface area contributed by atoms with E-state index in [1.165, 1.54) is 6.42 Å². The molecule has 1 atom stereocenters. The molecule has 0 aromatic rings. The first-order chi connectivity index (χ1) is 5.99. The molecule has 0 aliphatic carbocycles. The van der Waals surface area contributed by atoms with Crippen molar-refractivity contribution in [1.29, 1.82) is 0 Å². The van der Waals surface area contributed by atoms with Crippen LogP contribution in [0.15, 0.2) is 4.99 Å². The lowest BCUT2D eigenvalue weighted by molar-refractivity contribution is 0.361. The van der Waals surface area contributed by atoms with Gasteiger partial charge in [-0.15, -0.1) is 0 Å². The Bertz CT molecular complexity index is 164. The highest BCUT2D eigenvalue weighted by molar-refractivity contribution is 5.78.